The van der Waals surface area contributed by atoms with Gasteiger partial charge in [-0.25, -0.2) is 0 Å². The Kier molecular flexibility index (Phi) is 9.83. The molecule has 6 nitrogen and oxygen atoms in total. The Morgan fingerprint density at radius 3 is 1.38 bits per heavy atom. The molecule has 0 aliphatic carbocycles. The number of rotatable bonds is 6. The molecule has 0 spiro atoms. The van der Waals surface area contributed by atoms with Crippen LogP contribution in [0.15, 0.2) is 0 Å². The fourth-order valence-electron chi connectivity index (χ4n) is 0.552. The van der Waals surface area contributed by atoms with Crippen molar-refractivity contribution in [3.05, 3.63) is 0 Å². The van der Waals surface area contributed by atoms with Gasteiger partial charge >= 0.3 is 11.9 Å². The summed E-state index contributed by atoms with van der Waals surface area (Å²) in [5.74, 6) is -1.74. The van der Waals surface area contributed by atoms with Gasteiger partial charge in [-0.3, -0.25) is 9.59 Å². The quantitative estimate of drug-likeness (QED) is 0.498. The molecule has 0 radical (unpaired) electrons. The molecule has 0 saturated carbocycles. The van der Waals surface area contributed by atoms with E-state index in [0.717, 1.165) is 0 Å². The molecule has 0 rings (SSSR count). The smallest absolute Gasteiger partial charge is 0.303 e. The summed E-state index contributed by atoms with van der Waals surface area (Å²) in [6.45, 7) is 2.92. The van der Waals surface area contributed by atoms with Crippen LogP contribution >= 0.6 is 0 Å². The van der Waals surface area contributed by atoms with E-state index in [0.29, 0.717) is 12.8 Å². The van der Waals surface area contributed by atoms with E-state index in [-0.39, 0.29) is 19.4 Å². The third-order valence-electron chi connectivity index (χ3n) is 1.42. The molecular formula is C10H20O6. The predicted octanol–water partition coefficient (Wildman–Crippen LogP) is 0.466. The van der Waals surface area contributed by atoms with E-state index in [1.165, 1.54) is 0 Å². The van der Waals surface area contributed by atoms with E-state index in [1.54, 1.807) is 13.8 Å². The van der Waals surface area contributed by atoms with Crippen LogP contribution in [-0.4, -0.2) is 44.6 Å². The van der Waals surface area contributed by atoms with Crippen LogP contribution in [0.1, 0.15) is 39.5 Å². The summed E-state index contributed by atoms with van der Waals surface area (Å²) in [7, 11) is 0. The summed E-state index contributed by atoms with van der Waals surface area (Å²) >= 11 is 0. The summed E-state index contributed by atoms with van der Waals surface area (Å²) in [6.07, 6.45) is 1.02. The molecule has 6 heteroatoms. The van der Waals surface area contributed by atoms with Gasteiger partial charge in [0.1, 0.15) is 0 Å². The average molecular weight is 236 g/mol. The van der Waals surface area contributed by atoms with Gasteiger partial charge in [-0.05, 0) is 26.7 Å². The first-order valence-electron chi connectivity index (χ1n) is 4.96. The van der Waals surface area contributed by atoms with E-state index >= 15 is 0 Å². The van der Waals surface area contributed by atoms with Crippen LogP contribution in [0.3, 0.4) is 0 Å². The van der Waals surface area contributed by atoms with Crippen LogP contribution in [0.5, 0.6) is 0 Å². The van der Waals surface area contributed by atoms with Crippen LogP contribution in [0.25, 0.3) is 0 Å². The Labute approximate surface area is 94.5 Å². The molecule has 0 heterocycles. The topological polar surface area (TPSA) is 115 Å². The lowest BCUT2D eigenvalue weighted by Gasteiger charge is -2.10. The van der Waals surface area contributed by atoms with Crippen molar-refractivity contribution in [2.24, 2.45) is 0 Å². The van der Waals surface area contributed by atoms with E-state index in [4.69, 9.17) is 20.4 Å². The molecule has 0 aliphatic heterocycles. The maximum Gasteiger partial charge on any atom is 0.303 e. The molecule has 0 atom stereocenters. The van der Waals surface area contributed by atoms with Gasteiger partial charge in [0.2, 0.25) is 0 Å². The lowest BCUT2D eigenvalue weighted by Crippen LogP contribution is -2.23. The van der Waals surface area contributed by atoms with Gasteiger partial charge in [-0.15, -0.1) is 0 Å². The van der Waals surface area contributed by atoms with Crippen molar-refractivity contribution in [1.82, 2.24) is 0 Å². The Morgan fingerprint density at radius 2 is 1.25 bits per heavy atom. The third-order valence-corrected chi connectivity index (χ3v) is 1.42. The molecule has 0 bridgehead atoms. The highest BCUT2D eigenvalue weighted by molar-refractivity contribution is 5.67. The minimum Gasteiger partial charge on any atom is -0.481 e. The van der Waals surface area contributed by atoms with Crippen LogP contribution in [0, 0.1) is 0 Å². The molecule has 16 heavy (non-hydrogen) atoms. The first kappa shape index (κ1) is 17.3. The normalized spacial score (nSPS) is 10.2. The van der Waals surface area contributed by atoms with E-state index in [2.05, 4.69) is 0 Å². The largest absolute Gasteiger partial charge is 0.481 e. The van der Waals surface area contributed by atoms with Crippen molar-refractivity contribution in [3.63, 3.8) is 0 Å². The molecule has 0 unspecified atom stereocenters. The highest BCUT2D eigenvalue weighted by Crippen LogP contribution is 1.98. The summed E-state index contributed by atoms with van der Waals surface area (Å²) in [5.41, 5.74) is -0.903. The van der Waals surface area contributed by atoms with Gasteiger partial charge in [-0.2, -0.15) is 0 Å². The predicted molar refractivity (Wildman–Crippen MR) is 57.1 cm³/mol. The molecule has 4 N–H and O–H groups in total. The zero-order valence-corrected chi connectivity index (χ0v) is 9.64. The molecular weight excluding hydrogens is 216 g/mol. The van der Waals surface area contributed by atoms with Gasteiger partial charge in [0.15, 0.2) is 0 Å². The molecule has 0 aliphatic rings. The molecule has 0 aromatic carbocycles. The maximum atomic E-state index is 9.90. The minimum atomic E-state index is -0.903. The van der Waals surface area contributed by atoms with Gasteiger partial charge in [0, 0.05) is 12.8 Å². The number of aliphatic hydroxyl groups is 2. The van der Waals surface area contributed by atoms with Gasteiger partial charge < -0.3 is 20.4 Å². The van der Waals surface area contributed by atoms with Crippen molar-refractivity contribution in [3.8, 4) is 0 Å². The van der Waals surface area contributed by atoms with Crippen molar-refractivity contribution in [2.75, 3.05) is 6.61 Å². The lowest BCUT2D eigenvalue weighted by atomic mass is 10.2. The fourth-order valence-corrected chi connectivity index (χ4v) is 0.552. The number of aliphatic carboxylic acids is 2. The second-order valence-electron chi connectivity index (χ2n) is 3.97. The lowest BCUT2D eigenvalue weighted by molar-refractivity contribution is -0.139. The summed E-state index contributed by atoms with van der Waals surface area (Å²) in [6, 6.07) is 0. The second-order valence-corrected chi connectivity index (χ2v) is 3.97. The zero-order valence-electron chi connectivity index (χ0n) is 9.64. The van der Waals surface area contributed by atoms with Crippen LogP contribution in [0.4, 0.5) is 0 Å². The first-order chi connectivity index (χ1) is 7.19. The molecule has 0 aromatic heterocycles. The Hall–Kier alpha value is -1.14. The average Bonchev–Trinajstić information content (AvgIpc) is 2.12. The van der Waals surface area contributed by atoms with E-state index in [1.807, 2.05) is 0 Å². The number of unbranched alkanes of at least 4 members (excludes halogenated alkanes) is 1. The highest BCUT2D eigenvalue weighted by Gasteiger charge is 2.07. The summed E-state index contributed by atoms with van der Waals surface area (Å²) in [4.78, 5) is 19.8. The first-order valence-corrected chi connectivity index (χ1v) is 4.96. The van der Waals surface area contributed by atoms with Crippen molar-refractivity contribution in [1.29, 1.82) is 0 Å². The van der Waals surface area contributed by atoms with Gasteiger partial charge in [0.25, 0.3) is 0 Å². The number of aliphatic hydroxyl groups excluding tert-OH is 1. The van der Waals surface area contributed by atoms with Gasteiger partial charge in [0.05, 0.1) is 12.2 Å². The minimum absolute atomic E-state index is 0.0628. The number of hydrogen-bond donors (Lipinski definition) is 4. The zero-order chi connectivity index (χ0) is 13.2. The third kappa shape index (κ3) is 23.0. The number of carboxylic acids is 2. The highest BCUT2D eigenvalue weighted by atomic mass is 16.4. The Balaban J connectivity index is 0. The van der Waals surface area contributed by atoms with Gasteiger partial charge in [-0.1, -0.05) is 0 Å². The maximum absolute atomic E-state index is 9.90. The molecule has 0 amide bonds. The van der Waals surface area contributed by atoms with Crippen LogP contribution in [-0.2, 0) is 9.59 Å². The number of hydrogen-bond acceptors (Lipinski definition) is 4. The standard InChI is InChI=1S/C6H10O4.C4H10O2/c7-5(8)3-1-2-4-6(9)10;1-4(2,6)3-5/h1-4H2,(H,7,8)(H,9,10);5-6H,3H2,1-2H3. The number of carbonyl (C=O) groups is 2. The molecule has 0 saturated heterocycles. The van der Waals surface area contributed by atoms with E-state index < -0.39 is 17.5 Å². The van der Waals surface area contributed by atoms with Crippen molar-refractivity contribution >= 4 is 11.9 Å². The molecule has 96 valence electrons. The molecule has 0 aromatic rings. The summed E-state index contributed by atoms with van der Waals surface area (Å²) < 4.78 is 0. The number of carboxylic acid groups (broad SMARTS) is 2. The Bertz CT molecular complexity index is 190. The monoisotopic (exact) mass is 236 g/mol. The molecule has 0 fully saturated rings. The van der Waals surface area contributed by atoms with Crippen molar-refractivity contribution < 1.29 is 30.0 Å². The Morgan fingerprint density at radius 1 is 1.00 bits per heavy atom. The summed E-state index contributed by atoms with van der Waals surface area (Å²) in [5, 5.41) is 33.0. The second kappa shape index (κ2) is 9.11. The van der Waals surface area contributed by atoms with Crippen LogP contribution in [0.2, 0.25) is 0 Å². The SMILES string of the molecule is CC(C)(O)CO.O=C(O)CCCCC(=O)O. The van der Waals surface area contributed by atoms with E-state index in [9.17, 15) is 9.59 Å². The van der Waals surface area contributed by atoms with Crippen molar-refractivity contribution in [2.45, 2.75) is 45.1 Å². The fraction of sp³-hybridized carbons (Fsp3) is 0.800. The van der Waals surface area contributed by atoms with Crippen LogP contribution < -0.4 is 0 Å².